The molecule has 0 aliphatic heterocycles. The first-order chi connectivity index (χ1) is 3.41. The van der Waals surface area contributed by atoms with Gasteiger partial charge in [0.2, 0.25) is 0 Å². The van der Waals surface area contributed by atoms with E-state index in [4.69, 9.17) is 0 Å². The molecule has 0 N–H and O–H groups in total. The van der Waals surface area contributed by atoms with Gasteiger partial charge in [0.15, 0.2) is 0 Å². The van der Waals surface area contributed by atoms with Crippen molar-refractivity contribution >= 4 is 18.0 Å². The van der Waals surface area contributed by atoms with Crippen LogP contribution in [0.1, 0.15) is 0 Å². The molecule has 1 nitrogen and oxygen atoms in total. The molecule has 0 fully saturated rings. The average Bonchev–Trinajstić information content (AvgIpc) is 1.69. The Morgan fingerprint density at radius 3 is 2.86 bits per heavy atom. The van der Waals surface area contributed by atoms with Crippen molar-refractivity contribution in [3.05, 3.63) is 12.2 Å². The zero-order valence-electron chi connectivity index (χ0n) is 4.26. The Morgan fingerprint density at radius 2 is 2.43 bits per heavy atom. The van der Waals surface area contributed by atoms with Gasteiger partial charge >= 0.3 is 0 Å². The zero-order valence-corrected chi connectivity index (χ0v) is 5.07. The predicted molar refractivity (Wildman–Crippen MR) is 33.6 cm³/mol. The Morgan fingerprint density at radius 1 is 1.71 bits per heavy atom. The smallest absolute Gasteiger partial charge is 0.142 e. The van der Waals surface area contributed by atoms with Gasteiger partial charge in [-0.2, -0.15) is 11.8 Å². The molecule has 0 aromatic carbocycles. The number of carbonyl (C=O) groups is 1. The van der Waals surface area contributed by atoms with Crippen molar-refractivity contribution < 1.29 is 4.79 Å². The van der Waals surface area contributed by atoms with E-state index in [0.717, 1.165) is 12.0 Å². The van der Waals surface area contributed by atoms with Gasteiger partial charge in [0.25, 0.3) is 0 Å². The van der Waals surface area contributed by atoms with Crippen LogP contribution in [0.2, 0.25) is 0 Å². The van der Waals surface area contributed by atoms with Crippen molar-refractivity contribution in [1.29, 1.82) is 0 Å². The highest BCUT2D eigenvalue weighted by Crippen LogP contribution is 1.88. The highest BCUT2D eigenvalue weighted by atomic mass is 32.2. The second-order valence-corrected chi connectivity index (χ2v) is 1.93. The van der Waals surface area contributed by atoms with Crippen LogP contribution in [0.5, 0.6) is 0 Å². The highest BCUT2D eigenvalue weighted by molar-refractivity contribution is 7.98. The second-order valence-electron chi connectivity index (χ2n) is 1.02. The maximum atomic E-state index is 9.58. The lowest BCUT2D eigenvalue weighted by Gasteiger charge is -1.76. The molecule has 40 valence electrons. The van der Waals surface area contributed by atoms with Gasteiger partial charge in [-0.25, -0.2) is 0 Å². The highest BCUT2D eigenvalue weighted by Gasteiger charge is 1.67. The normalized spacial score (nSPS) is 9.86. The van der Waals surface area contributed by atoms with Gasteiger partial charge < -0.3 is 0 Å². The molecule has 0 amide bonds. The number of carbonyl (C=O) groups excluding carboxylic acids is 1. The molecule has 0 aliphatic rings. The first-order valence-electron chi connectivity index (χ1n) is 2.01. The quantitative estimate of drug-likeness (QED) is 0.406. The van der Waals surface area contributed by atoms with E-state index in [1.54, 1.807) is 11.8 Å². The maximum Gasteiger partial charge on any atom is 0.142 e. The minimum atomic E-state index is 0.788. The monoisotopic (exact) mass is 116 g/mol. The fourth-order valence-electron chi connectivity index (χ4n) is 0.207. The summed E-state index contributed by atoms with van der Waals surface area (Å²) in [6.07, 6.45) is 6.12. The van der Waals surface area contributed by atoms with Gasteiger partial charge in [0.1, 0.15) is 6.29 Å². The van der Waals surface area contributed by atoms with E-state index >= 15 is 0 Å². The fourth-order valence-corrected chi connectivity index (χ4v) is 0.511. The zero-order chi connectivity index (χ0) is 5.54. The molecule has 0 heterocycles. The molecule has 0 aliphatic carbocycles. The van der Waals surface area contributed by atoms with Gasteiger partial charge in [-0.1, -0.05) is 6.08 Å². The summed E-state index contributed by atoms with van der Waals surface area (Å²) in [6, 6.07) is 0. The lowest BCUT2D eigenvalue weighted by Crippen LogP contribution is -1.65. The van der Waals surface area contributed by atoms with Crippen molar-refractivity contribution in [2.75, 3.05) is 12.0 Å². The summed E-state index contributed by atoms with van der Waals surface area (Å²) in [5.41, 5.74) is 0. The van der Waals surface area contributed by atoms with E-state index in [9.17, 15) is 4.79 Å². The average molecular weight is 116 g/mol. The second kappa shape index (κ2) is 5.76. The summed E-state index contributed by atoms with van der Waals surface area (Å²) in [7, 11) is 0. The summed E-state index contributed by atoms with van der Waals surface area (Å²) < 4.78 is 0. The molecule has 0 atom stereocenters. The molecule has 0 rings (SSSR count). The molecular formula is C5H8OS. The van der Waals surface area contributed by atoms with Crippen LogP contribution in [0.4, 0.5) is 0 Å². The molecule has 0 saturated carbocycles. The van der Waals surface area contributed by atoms with Crippen LogP contribution in [-0.4, -0.2) is 18.3 Å². The van der Waals surface area contributed by atoms with Crippen molar-refractivity contribution in [2.24, 2.45) is 0 Å². The summed E-state index contributed by atoms with van der Waals surface area (Å²) >= 11 is 1.70. The molecule has 0 spiro atoms. The van der Waals surface area contributed by atoms with Crippen molar-refractivity contribution in [1.82, 2.24) is 0 Å². The number of hydrogen-bond acceptors (Lipinski definition) is 2. The van der Waals surface area contributed by atoms with Crippen molar-refractivity contribution in [3.8, 4) is 0 Å². The minimum Gasteiger partial charge on any atom is -0.299 e. The van der Waals surface area contributed by atoms with Gasteiger partial charge in [-0.15, -0.1) is 0 Å². The van der Waals surface area contributed by atoms with Crippen LogP contribution in [0.3, 0.4) is 0 Å². The Labute approximate surface area is 47.8 Å². The molecule has 2 heteroatoms. The van der Waals surface area contributed by atoms with Crippen molar-refractivity contribution in [2.45, 2.75) is 0 Å². The lowest BCUT2D eigenvalue weighted by atomic mass is 10.6. The first kappa shape index (κ1) is 6.76. The number of allylic oxidation sites excluding steroid dienone is 1. The van der Waals surface area contributed by atoms with E-state index in [-0.39, 0.29) is 0 Å². The van der Waals surface area contributed by atoms with Gasteiger partial charge in [0.05, 0.1) is 0 Å². The Kier molecular flexibility index (Phi) is 5.56. The molecule has 0 aromatic rings. The van der Waals surface area contributed by atoms with E-state index in [0.29, 0.717) is 0 Å². The van der Waals surface area contributed by atoms with Crippen LogP contribution >= 0.6 is 11.8 Å². The third kappa shape index (κ3) is 5.76. The third-order valence-electron chi connectivity index (χ3n) is 0.478. The van der Waals surface area contributed by atoms with E-state index in [1.807, 2.05) is 12.3 Å². The van der Waals surface area contributed by atoms with Gasteiger partial charge in [-0.3, -0.25) is 4.79 Å². The molecule has 0 aromatic heterocycles. The predicted octanol–water partition coefficient (Wildman–Crippen LogP) is 1.10. The number of aldehydes is 1. The van der Waals surface area contributed by atoms with E-state index in [1.165, 1.54) is 6.08 Å². The molecule has 0 saturated heterocycles. The third-order valence-corrected chi connectivity index (χ3v) is 1.00. The van der Waals surface area contributed by atoms with E-state index < -0.39 is 0 Å². The fraction of sp³-hybridized carbons (Fsp3) is 0.400. The maximum absolute atomic E-state index is 9.58. The molecular weight excluding hydrogens is 108 g/mol. The van der Waals surface area contributed by atoms with Crippen LogP contribution in [0.25, 0.3) is 0 Å². The van der Waals surface area contributed by atoms with Gasteiger partial charge in [-0.05, 0) is 12.3 Å². The number of rotatable bonds is 3. The Balaban J connectivity index is 2.92. The number of hydrogen-bond donors (Lipinski definition) is 0. The van der Waals surface area contributed by atoms with E-state index in [2.05, 4.69) is 0 Å². The topological polar surface area (TPSA) is 17.1 Å². The SMILES string of the molecule is CSC/C=C/C=O. The van der Waals surface area contributed by atoms with Gasteiger partial charge in [0, 0.05) is 5.75 Å². The summed E-state index contributed by atoms with van der Waals surface area (Å²) in [6.45, 7) is 0. The first-order valence-corrected chi connectivity index (χ1v) is 3.40. The summed E-state index contributed by atoms with van der Waals surface area (Å²) in [4.78, 5) is 9.58. The van der Waals surface area contributed by atoms with Crippen LogP contribution < -0.4 is 0 Å². The molecule has 0 unspecified atom stereocenters. The molecule has 0 radical (unpaired) electrons. The van der Waals surface area contributed by atoms with Crippen LogP contribution in [0.15, 0.2) is 12.2 Å². The molecule has 0 bridgehead atoms. The Hall–Kier alpha value is -0.240. The minimum absolute atomic E-state index is 0.788. The number of thioether (sulfide) groups is 1. The lowest BCUT2D eigenvalue weighted by molar-refractivity contribution is -0.104. The standard InChI is InChI=1S/C5H8OS/c1-7-5-3-2-4-6/h2-4H,5H2,1H3/b3-2+. The van der Waals surface area contributed by atoms with Crippen LogP contribution in [-0.2, 0) is 4.79 Å². The van der Waals surface area contributed by atoms with Crippen molar-refractivity contribution in [3.63, 3.8) is 0 Å². The Bertz CT molecular complexity index is 68.5. The molecule has 7 heavy (non-hydrogen) atoms. The summed E-state index contributed by atoms with van der Waals surface area (Å²) in [5, 5.41) is 0. The largest absolute Gasteiger partial charge is 0.299 e. The summed E-state index contributed by atoms with van der Waals surface area (Å²) in [5.74, 6) is 0.929. The van der Waals surface area contributed by atoms with Crippen LogP contribution in [0, 0.1) is 0 Å².